The van der Waals surface area contributed by atoms with Crippen LogP contribution < -0.4 is 4.74 Å². The maximum atomic E-state index is 10.7. The van der Waals surface area contributed by atoms with Gasteiger partial charge in [-0.2, -0.15) is 5.10 Å². The number of carboxylic acid groups (broad SMARTS) is 1. The quantitative estimate of drug-likeness (QED) is 0.693. The van der Waals surface area contributed by atoms with Crippen molar-refractivity contribution in [1.82, 2.24) is 19.7 Å². The van der Waals surface area contributed by atoms with E-state index >= 15 is 0 Å². The molecule has 0 aliphatic carbocycles. The summed E-state index contributed by atoms with van der Waals surface area (Å²) in [6, 6.07) is 3.30. The molecule has 3 aromatic rings. The van der Waals surface area contributed by atoms with E-state index in [2.05, 4.69) is 15.1 Å². The maximum Gasteiger partial charge on any atom is 0.511 e. The second-order valence-electron chi connectivity index (χ2n) is 4.62. The smallest absolute Gasteiger partial charge is 0.449 e. The number of nitrogens with one attached hydrogen (secondary N) is 1. The molecule has 0 saturated heterocycles. The Bertz CT molecular complexity index is 861. The lowest BCUT2D eigenvalue weighted by Gasteiger charge is -2.00. The highest BCUT2D eigenvalue weighted by Crippen LogP contribution is 2.29. The Balaban J connectivity index is 2.13. The minimum absolute atomic E-state index is 0.184. The van der Waals surface area contributed by atoms with Crippen molar-refractivity contribution in [1.29, 1.82) is 0 Å². The topological polar surface area (TPSA) is 93.0 Å². The lowest BCUT2D eigenvalue weighted by atomic mass is 10.3. The third-order valence-electron chi connectivity index (χ3n) is 3.13. The highest BCUT2D eigenvalue weighted by Gasteiger charge is 2.19. The minimum atomic E-state index is -1.39. The molecule has 2 aromatic heterocycles. The van der Waals surface area contributed by atoms with Gasteiger partial charge in [-0.05, 0) is 26.0 Å². The van der Waals surface area contributed by atoms with Crippen molar-refractivity contribution in [3.63, 3.8) is 0 Å². The molecule has 0 radical (unpaired) electrons. The molecule has 2 heterocycles. The number of carbonyl (C=O) groups is 1. The Morgan fingerprint density at radius 1 is 1.32 bits per heavy atom. The van der Waals surface area contributed by atoms with E-state index in [1.54, 1.807) is 26.0 Å². The fraction of sp³-hybridized carbons (Fsp3) is 0.154. The third kappa shape index (κ3) is 2.38. The number of imidazole rings is 1. The van der Waals surface area contributed by atoms with Gasteiger partial charge in [0.15, 0.2) is 5.75 Å². The van der Waals surface area contributed by atoms with Gasteiger partial charge in [-0.15, -0.1) is 0 Å². The standard InChI is InChI=1S/C13H10Cl2N4O3/c1-5-11(22-13(20)21)6(2)19(18-5)12-16-9-3-7(14)8(15)4-10(9)17-12/h3-4H,1-2H3,(H,16,17)(H,20,21). The first-order chi connectivity index (χ1) is 10.4. The number of aryl methyl sites for hydroxylation is 1. The first kappa shape index (κ1) is 14.7. The number of ether oxygens (including phenoxy) is 1. The highest BCUT2D eigenvalue weighted by molar-refractivity contribution is 6.42. The molecule has 0 amide bonds. The van der Waals surface area contributed by atoms with E-state index < -0.39 is 6.16 Å². The van der Waals surface area contributed by atoms with E-state index in [0.29, 0.717) is 38.4 Å². The van der Waals surface area contributed by atoms with Crippen molar-refractivity contribution in [2.45, 2.75) is 13.8 Å². The molecule has 9 heteroatoms. The number of aromatic nitrogens is 4. The molecule has 0 fully saturated rings. The van der Waals surface area contributed by atoms with Crippen molar-refractivity contribution in [3.05, 3.63) is 33.6 Å². The molecule has 3 rings (SSSR count). The third-order valence-corrected chi connectivity index (χ3v) is 3.85. The highest BCUT2D eigenvalue weighted by atomic mass is 35.5. The van der Waals surface area contributed by atoms with Gasteiger partial charge >= 0.3 is 6.16 Å². The van der Waals surface area contributed by atoms with Crippen LogP contribution in [0.3, 0.4) is 0 Å². The molecule has 0 atom stereocenters. The van der Waals surface area contributed by atoms with Gasteiger partial charge in [-0.1, -0.05) is 23.2 Å². The van der Waals surface area contributed by atoms with Crippen LogP contribution in [0.15, 0.2) is 12.1 Å². The summed E-state index contributed by atoms with van der Waals surface area (Å²) in [7, 11) is 0. The first-order valence-corrected chi connectivity index (χ1v) is 6.94. The monoisotopic (exact) mass is 340 g/mol. The fourth-order valence-electron chi connectivity index (χ4n) is 2.16. The second kappa shape index (κ2) is 5.19. The van der Waals surface area contributed by atoms with E-state index in [9.17, 15) is 4.79 Å². The van der Waals surface area contributed by atoms with Gasteiger partial charge in [0.05, 0.1) is 26.8 Å². The van der Waals surface area contributed by atoms with Gasteiger partial charge in [0.1, 0.15) is 5.69 Å². The van der Waals surface area contributed by atoms with Crippen LogP contribution in [-0.2, 0) is 0 Å². The minimum Gasteiger partial charge on any atom is -0.449 e. The normalized spacial score (nSPS) is 11.1. The Morgan fingerprint density at radius 3 is 2.68 bits per heavy atom. The number of halogens is 2. The second-order valence-corrected chi connectivity index (χ2v) is 5.44. The molecule has 2 N–H and O–H groups in total. The average Bonchev–Trinajstić information content (AvgIpc) is 2.94. The average molecular weight is 341 g/mol. The van der Waals surface area contributed by atoms with E-state index in [0.717, 1.165) is 0 Å². The summed E-state index contributed by atoms with van der Waals surface area (Å²) in [5.74, 6) is 0.596. The molecular weight excluding hydrogens is 331 g/mol. The van der Waals surface area contributed by atoms with Gasteiger partial charge in [-0.3, -0.25) is 0 Å². The largest absolute Gasteiger partial charge is 0.511 e. The molecule has 114 valence electrons. The Labute approximate surface area is 134 Å². The first-order valence-electron chi connectivity index (χ1n) is 6.19. The Kier molecular flexibility index (Phi) is 3.46. The van der Waals surface area contributed by atoms with Crippen LogP contribution in [-0.4, -0.2) is 31.0 Å². The molecule has 0 unspecified atom stereocenters. The zero-order chi connectivity index (χ0) is 16.0. The summed E-state index contributed by atoms with van der Waals surface area (Å²) < 4.78 is 6.21. The molecule has 0 aliphatic heterocycles. The van der Waals surface area contributed by atoms with Gasteiger partial charge in [-0.25, -0.2) is 14.5 Å². The lowest BCUT2D eigenvalue weighted by Crippen LogP contribution is -2.05. The number of hydrogen-bond acceptors (Lipinski definition) is 4. The Morgan fingerprint density at radius 2 is 2.00 bits per heavy atom. The summed E-state index contributed by atoms with van der Waals surface area (Å²) in [5, 5.41) is 13.8. The zero-order valence-corrected chi connectivity index (χ0v) is 13.0. The van der Waals surface area contributed by atoms with Crippen molar-refractivity contribution in [2.24, 2.45) is 0 Å². The van der Waals surface area contributed by atoms with Crippen LogP contribution in [0.5, 0.6) is 5.75 Å². The predicted octanol–water partition coefficient (Wildman–Crippen LogP) is 3.73. The van der Waals surface area contributed by atoms with Crippen LogP contribution in [0.2, 0.25) is 10.0 Å². The van der Waals surface area contributed by atoms with Crippen LogP contribution in [0, 0.1) is 13.8 Å². The number of rotatable bonds is 2. The fourth-order valence-corrected chi connectivity index (χ4v) is 2.48. The van der Waals surface area contributed by atoms with Crippen LogP contribution in [0.1, 0.15) is 11.4 Å². The van der Waals surface area contributed by atoms with Gasteiger partial charge < -0.3 is 14.8 Å². The number of nitrogens with zero attached hydrogens (tertiary/aromatic N) is 3. The number of benzene rings is 1. The number of hydrogen-bond donors (Lipinski definition) is 2. The Hall–Kier alpha value is -2.25. The summed E-state index contributed by atoms with van der Waals surface area (Å²) in [6.45, 7) is 3.34. The molecule has 0 bridgehead atoms. The van der Waals surface area contributed by atoms with E-state index in [1.807, 2.05) is 0 Å². The lowest BCUT2D eigenvalue weighted by molar-refractivity contribution is 0.144. The molecule has 7 nitrogen and oxygen atoms in total. The van der Waals surface area contributed by atoms with Crippen molar-refractivity contribution in [2.75, 3.05) is 0 Å². The van der Waals surface area contributed by atoms with Crippen LogP contribution in [0.4, 0.5) is 4.79 Å². The molecule has 22 heavy (non-hydrogen) atoms. The molecule has 0 spiro atoms. The van der Waals surface area contributed by atoms with Crippen LogP contribution >= 0.6 is 23.2 Å². The summed E-state index contributed by atoms with van der Waals surface area (Å²) in [6.07, 6.45) is -1.39. The van der Waals surface area contributed by atoms with Gasteiger partial charge in [0.2, 0.25) is 5.95 Å². The van der Waals surface area contributed by atoms with Crippen molar-refractivity contribution >= 4 is 40.4 Å². The van der Waals surface area contributed by atoms with E-state index in [1.165, 1.54) is 4.68 Å². The summed E-state index contributed by atoms with van der Waals surface area (Å²) in [4.78, 5) is 18.2. The van der Waals surface area contributed by atoms with E-state index in [4.69, 9.17) is 33.0 Å². The van der Waals surface area contributed by atoms with Crippen LogP contribution in [0.25, 0.3) is 17.0 Å². The molecule has 0 aliphatic rings. The number of H-pyrrole nitrogens is 1. The molecule has 1 aromatic carbocycles. The van der Waals surface area contributed by atoms with Crippen molar-refractivity contribution < 1.29 is 14.6 Å². The van der Waals surface area contributed by atoms with Gasteiger partial charge in [0.25, 0.3) is 0 Å². The maximum absolute atomic E-state index is 10.7. The molecule has 0 saturated carbocycles. The SMILES string of the molecule is Cc1nn(-c2nc3cc(Cl)c(Cl)cc3[nH]2)c(C)c1OC(=O)O. The molecular formula is C13H10Cl2N4O3. The predicted molar refractivity (Wildman–Crippen MR) is 81.4 cm³/mol. The van der Waals surface area contributed by atoms with Gasteiger partial charge in [0, 0.05) is 0 Å². The summed E-state index contributed by atoms with van der Waals surface area (Å²) in [5.41, 5.74) is 2.27. The van der Waals surface area contributed by atoms with E-state index in [-0.39, 0.29) is 5.75 Å². The number of fused-ring (bicyclic) bond motifs is 1. The summed E-state index contributed by atoms with van der Waals surface area (Å²) >= 11 is 11.9. The number of aromatic amines is 1. The van der Waals surface area contributed by atoms with Crippen molar-refractivity contribution in [3.8, 4) is 11.7 Å². The zero-order valence-electron chi connectivity index (χ0n) is 11.5.